The van der Waals surface area contributed by atoms with Crippen molar-refractivity contribution in [2.75, 3.05) is 13.2 Å². The molecule has 2 aliphatic rings. The minimum atomic E-state index is 0.0668. The molecule has 1 saturated heterocycles. The Hall–Kier alpha value is -1.64. The van der Waals surface area contributed by atoms with Gasteiger partial charge >= 0.3 is 0 Å². The Balaban J connectivity index is 1.31. The van der Waals surface area contributed by atoms with Crippen LogP contribution in [0, 0.1) is 5.92 Å². The summed E-state index contributed by atoms with van der Waals surface area (Å²) in [6, 6.07) is 18.2. The molecule has 0 radical (unpaired) electrons. The van der Waals surface area contributed by atoms with E-state index in [0.29, 0.717) is 13.2 Å². The van der Waals surface area contributed by atoms with Gasteiger partial charge in [0.05, 0.1) is 19.3 Å². The largest absolute Gasteiger partial charge is 0.373 e. The first-order valence-corrected chi connectivity index (χ1v) is 12.7. The van der Waals surface area contributed by atoms with Crippen molar-refractivity contribution in [2.24, 2.45) is 5.92 Å². The summed E-state index contributed by atoms with van der Waals surface area (Å²) in [6.45, 7) is 5.93. The SMILES string of the molecule is CCCC[C@@H]1CO[C@@H](c2ccc(-c3ccc(C4CCC(CCC)CC4)cc3)cc2)CO1. The fourth-order valence-corrected chi connectivity index (χ4v) is 5.36. The molecule has 1 saturated carbocycles. The Labute approximate surface area is 189 Å². The average Bonchev–Trinajstić information content (AvgIpc) is 2.84. The van der Waals surface area contributed by atoms with Gasteiger partial charge in [-0.25, -0.2) is 0 Å². The second kappa shape index (κ2) is 11.3. The third-order valence-electron chi connectivity index (χ3n) is 7.39. The van der Waals surface area contributed by atoms with Gasteiger partial charge in [-0.3, -0.25) is 0 Å². The number of hydrogen-bond acceptors (Lipinski definition) is 2. The molecule has 2 heteroatoms. The Bertz CT molecular complexity index is 763. The molecule has 2 aromatic carbocycles. The Morgan fingerprint density at radius 2 is 1.32 bits per heavy atom. The number of benzene rings is 2. The monoisotopic (exact) mass is 420 g/mol. The summed E-state index contributed by atoms with van der Waals surface area (Å²) in [5.41, 5.74) is 5.33. The molecule has 4 rings (SSSR count). The lowest BCUT2D eigenvalue weighted by molar-refractivity contribution is -0.137. The van der Waals surface area contributed by atoms with Crippen molar-refractivity contribution in [1.29, 1.82) is 0 Å². The summed E-state index contributed by atoms with van der Waals surface area (Å²) in [6.07, 6.45) is 12.2. The lowest BCUT2D eigenvalue weighted by atomic mass is 9.77. The number of unbranched alkanes of at least 4 members (excludes halogenated alkanes) is 1. The van der Waals surface area contributed by atoms with E-state index in [9.17, 15) is 0 Å². The minimum Gasteiger partial charge on any atom is -0.373 e. The summed E-state index contributed by atoms with van der Waals surface area (Å²) in [5, 5.41) is 0. The number of hydrogen-bond donors (Lipinski definition) is 0. The zero-order chi connectivity index (χ0) is 21.5. The quantitative estimate of drug-likeness (QED) is 0.430. The molecule has 0 amide bonds. The van der Waals surface area contributed by atoms with Gasteiger partial charge in [0.2, 0.25) is 0 Å². The van der Waals surface area contributed by atoms with Crippen LogP contribution in [0.1, 0.15) is 94.8 Å². The molecule has 168 valence electrons. The standard InChI is InChI=1S/C29H40O2/c1-3-5-7-28-20-31-29(21-30-28)27-18-16-26(17-19-27)25-14-12-24(13-15-25)23-10-8-22(6-4-2)9-11-23/h12-19,22-23,28-29H,3-11,20-21H2,1-2H3/t22?,23?,28-,29-/m1/s1. The van der Waals surface area contributed by atoms with Crippen LogP contribution in [-0.2, 0) is 9.47 Å². The van der Waals surface area contributed by atoms with Crippen LogP contribution in [0.2, 0.25) is 0 Å². The van der Waals surface area contributed by atoms with Gasteiger partial charge in [0.15, 0.2) is 0 Å². The van der Waals surface area contributed by atoms with Crippen LogP contribution < -0.4 is 0 Å². The third-order valence-corrected chi connectivity index (χ3v) is 7.39. The van der Waals surface area contributed by atoms with Crippen LogP contribution in [0.25, 0.3) is 11.1 Å². The van der Waals surface area contributed by atoms with Crippen molar-refractivity contribution in [2.45, 2.75) is 89.8 Å². The van der Waals surface area contributed by atoms with Gasteiger partial charge < -0.3 is 9.47 Å². The van der Waals surface area contributed by atoms with Crippen LogP contribution in [0.4, 0.5) is 0 Å². The maximum atomic E-state index is 6.10. The average molecular weight is 421 g/mol. The molecule has 2 nitrogen and oxygen atoms in total. The van der Waals surface area contributed by atoms with Crippen molar-refractivity contribution in [3.05, 3.63) is 59.7 Å². The van der Waals surface area contributed by atoms with Crippen LogP contribution in [0.15, 0.2) is 48.5 Å². The molecule has 0 bridgehead atoms. The van der Waals surface area contributed by atoms with Crippen molar-refractivity contribution in [1.82, 2.24) is 0 Å². The third kappa shape index (κ3) is 5.99. The summed E-state index contributed by atoms with van der Waals surface area (Å²) < 4.78 is 12.1. The highest BCUT2D eigenvalue weighted by Gasteiger charge is 2.23. The van der Waals surface area contributed by atoms with Gasteiger partial charge in [-0.15, -0.1) is 0 Å². The van der Waals surface area contributed by atoms with Crippen molar-refractivity contribution in [3.8, 4) is 11.1 Å². The molecular weight excluding hydrogens is 380 g/mol. The molecule has 2 atom stereocenters. The zero-order valence-corrected chi connectivity index (χ0v) is 19.5. The molecule has 1 aliphatic heterocycles. The van der Waals surface area contributed by atoms with E-state index in [-0.39, 0.29) is 12.2 Å². The summed E-state index contributed by atoms with van der Waals surface area (Å²) >= 11 is 0. The molecule has 2 fully saturated rings. The van der Waals surface area contributed by atoms with E-state index in [0.717, 1.165) is 18.3 Å². The predicted octanol–water partition coefficient (Wildman–Crippen LogP) is 8.07. The van der Waals surface area contributed by atoms with Gasteiger partial charge in [0, 0.05) is 0 Å². The minimum absolute atomic E-state index is 0.0668. The van der Waals surface area contributed by atoms with Gasteiger partial charge in [-0.2, -0.15) is 0 Å². The Morgan fingerprint density at radius 1 is 0.677 bits per heavy atom. The maximum absolute atomic E-state index is 6.10. The number of rotatable bonds is 8. The molecule has 2 aromatic rings. The molecule has 1 aliphatic carbocycles. The topological polar surface area (TPSA) is 18.5 Å². The highest BCUT2D eigenvalue weighted by molar-refractivity contribution is 5.64. The first kappa shape index (κ1) is 22.6. The van der Waals surface area contributed by atoms with E-state index in [1.54, 1.807) is 0 Å². The first-order valence-electron chi connectivity index (χ1n) is 12.7. The first-order chi connectivity index (χ1) is 15.3. The van der Waals surface area contributed by atoms with E-state index in [4.69, 9.17) is 9.47 Å². The van der Waals surface area contributed by atoms with Gasteiger partial charge in [-0.05, 0) is 66.2 Å². The molecule has 1 heterocycles. The molecule has 31 heavy (non-hydrogen) atoms. The van der Waals surface area contributed by atoms with Crippen LogP contribution in [0.5, 0.6) is 0 Å². The fraction of sp³-hybridized carbons (Fsp3) is 0.586. The fourth-order valence-electron chi connectivity index (χ4n) is 5.36. The highest BCUT2D eigenvalue weighted by Crippen LogP contribution is 2.38. The number of ether oxygens (including phenoxy) is 2. The normalized spacial score (nSPS) is 26.6. The smallest absolute Gasteiger partial charge is 0.106 e. The molecule has 0 unspecified atom stereocenters. The molecular formula is C29H40O2. The lowest BCUT2D eigenvalue weighted by Gasteiger charge is -2.30. The predicted molar refractivity (Wildman–Crippen MR) is 129 cm³/mol. The maximum Gasteiger partial charge on any atom is 0.106 e. The van der Waals surface area contributed by atoms with E-state index < -0.39 is 0 Å². The summed E-state index contributed by atoms with van der Waals surface area (Å²) in [7, 11) is 0. The second-order valence-electron chi connectivity index (χ2n) is 9.67. The van der Waals surface area contributed by atoms with Crippen molar-refractivity contribution >= 4 is 0 Å². The molecule has 0 N–H and O–H groups in total. The van der Waals surface area contributed by atoms with Gasteiger partial charge in [0.1, 0.15) is 6.10 Å². The Morgan fingerprint density at radius 3 is 1.87 bits per heavy atom. The van der Waals surface area contributed by atoms with Crippen LogP contribution in [-0.4, -0.2) is 19.3 Å². The van der Waals surface area contributed by atoms with Crippen LogP contribution >= 0.6 is 0 Å². The van der Waals surface area contributed by atoms with Crippen molar-refractivity contribution in [3.63, 3.8) is 0 Å². The highest BCUT2D eigenvalue weighted by atomic mass is 16.6. The zero-order valence-electron chi connectivity index (χ0n) is 19.5. The summed E-state index contributed by atoms with van der Waals surface area (Å²) in [4.78, 5) is 0. The van der Waals surface area contributed by atoms with E-state index in [1.165, 1.54) is 73.6 Å². The van der Waals surface area contributed by atoms with E-state index in [2.05, 4.69) is 62.4 Å². The molecule has 0 aromatic heterocycles. The molecule has 0 spiro atoms. The Kier molecular flexibility index (Phi) is 8.21. The van der Waals surface area contributed by atoms with Gasteiger partial charge in [-0.1, -0.05) is 88.1 Å². The summed E-state index contributed by atoms with van der Waals surface area (Å²) in [5.74, 6) is 1.73. The van der Waals surface area contributed by atoms with Gasteiger partial charge in [0.25, 0.3) is 0 Å². The van der Waals surface area contributed by atoms with Crippen LogP contribution in [0.3, 0.4) is 0 Å². The lowest BCUT2D eigenvalue weighted by Crippen LogP contribution is -2.31. The van der Waals surface area contributed by atoms with E-state index >= 15 is 0 Å². The van der Waals surface area contributed by atoms with Crippen molar-refractivity contribution < 1.29 is 9.47 Å². The van der Waals surface area contributed by atoms with E-state index in [1.807, 2.05) is 0 Å². The second-order valence-corrected chi connectivity index (χ2v) is 9.67.